The number of nitrogens with zero attached hydrogens (tertiary/aromatic N) is 1. The average Bonchev–Trinajstić information content (AvgIpc) is 2.34. The van der Waals surface area contributed by atoms with Crippen molar-refractivity contribution in [3.63, 3.8) is 0 Å². The van der Waals surface area contributed by atoms with Crippen LogP contribution < -0.4 is 5.32 Å². The summed E-state index contributed by atoms with van der Waals surface area (Å²) in [5.74, 6) is 0.721. The maximum atomic E-state index is 5.44. The molecular formula is C14H30N2O. The first-order valence-electron chi connectivity index (χ1n) is 7.16. The van der Waals surface area contributed by atoms with Crippen LogP contribution >= 0.6 is 0 Å². The van der Waals surface area contributed by atoms with Gasteiger partial charge in [-0.25, -0.2) is 0 Å². The monoisotopic (exact) mass is 242 g/mol. The lowest BCUT2D eigenvalue weighted by atomic mass is 9.98. The van der Waals surface area contributed by atoms with Crippen molar-refractivity contribution < 1.29 is 4.74 Å². The molecule has 1 atom stereocenters. The van der Waals surface area contributed by atoms with Crippen molar-refractivity contribution in [3.05, 3.63) is 0 Å². The van der Waals surface area contributed by atoms with E-state index >= 15 is 0 Å². The Morgan fingerprint density at radius 1 is 1.29 bits per heavy atom. The number of hydrogen-bond acceptors (Lipinski definition) is 3. The van der Waals surface area contributed by atoms with Crippen LogP contribution in [-0.2, 0) is 4.74 Å². The van der Waals surface area contributed by atoms with Gasteiger partial charge in [-0.1, -0.05) is 20.8 Å². The van der Waals surface area contributed by atoms with Gasteiger partial charge < -0.3 is 10.1 Å². The molecule has 1 heterocycles. The fourth-order valence-corrected chi connectivity index (χ4v) is 2.66. The maximum Gasteiger partial charge on any atom is 0.0595 e. The largest absolute Gasteiger partial charge is 0.381 e. The lowest BCUT2D eigenvalue weighted by molar-refractivity contribution is 0.0195. The van der Waals surface area contributed by atoms with Crippen molar-refractivity contribution in [1.29, 1.82) is 0 Å². The first-order valence-corrected chi connectivity index (χ1v) is 7.16. The molecule has 3 nitrogen and oxygen atoms in total. The van der Waals surface area contributed by atoms with Crippen molar-refractivity contribution in [2.24, 2.45) is 5.92 Å². The first kappa shape index (κ1) is 14.9. The third-order valence-electron chi connectivity index (χ3n) is 3.83. The molecule has 1 N–H and O–H groups in total. The number of piperidine rings is 1. The van der Waals surface area contributed by atoms with Gasteiger partial charge in [-0.05, 0) is 31.7 Å². The van der Waals surface area contributed by atoms with Crippen LogP contribution in [0.2, 0.25) is 0 Å². The minimum Gasteiger partial charge on any atom is -0.381 e. The van der Waals surface area contributed by atoms with Gasteiger partial charge >= 0.3 is 0 Å². The van der Waals surface area contributed by atoms with Gasteiger partial charge in [0.15, 0.2) is 0 Å². The summed E-state index contributed by atoms with van der Waals surface area (Å²) in [4.78, 5) is 2.64. The van der Waals surface area contributed by atoms with E-state index in [1.54, 1.807) is 0 Å². The van der Waals surface area contributed by atoms with Crippen LogP contribution in [0, 0.1) is 5.92 Å². The van der Waals surface area contributed by atoms with Gasteiger partial charge in [-0.2, -0.15) is 0 Å². The quantitative estimate of drug-likeness (QED) is 0.692. The highest BCUT2D eigenvalue weighted by atomic mass is 16.5. The zero-order valence-corrected chi connectivity index (χ0v) is 12.0. The molecule has 1 saturated heterocycles. The first-order chi connectivity index (χ1) is 8.19. The number of likely N-dealkylation sites (tertiary alicyclic amines) is 1. The predicted molar refractivity (Wildman–Crippen MR) is 73.4 cm³/mol. The van der Waals surface area contributed by atoms with Crippen molar-refractivity contribution >= 4 is 0 Å². The summed E-state index contributed by atoms with van der Waals surface area (Å²) in [6.45, 7) is 11.5. The van der Waals surface area contributed by atoms with Crippen LogP contribution in [0.4, 0.5) is 0 Å². The van der Waals surface area contributed by atoms with Crippen molar-refractivity contribution in [1.82, 2.24) is 10.2 Å². The van der Waals surface area contributed by atoms with Crippen molar-refractivity contribution in [3.8, 4) is 0 Å². The Morgan fingerprint density at radius 2 is 1.94 bits per heavy atom. The van der Waals surface area contributed by atoms with E-state index in [-0.39, 0.29) is 0 Å². The van der Waals surface area contributed by atoms with E-state index in [1.807, 2.05) is 7.11 Å². The second-order valence-corrected chi connectivity index (χ2v) is 5.49. The molecule has 1 unspecified atom stereocenters. The summed E-state index contributed by atoms with van der Waals surface area (Å²) < 4.78 is 5.44. The molecule has 0 bridgehead atoms. The molecule has 0 radical (unpaired) electrons. The minimum atomic E-state index is 0.489. The van der Waals surface area contributed by atoms with E-state index in [0.29, 0.717) is 12.1 Å². The van der Waals surface area contributed by atoms with Crippen LogP contribution in [-0.4, -0.2) is 50.3 Å². The topological polar surface area (TPSA) is 24.5 Å². The Balaban J connectivity index is 2.37. The molecule has 1 aliphatic heterocycles. The smallest absolute Gasteiger partial charge is 0.0595 e. The highest BCUT2D eigenvalue weighted by Gasteiger charge is 2.26. The maximum absolute atomic E-state index is 5.44. The Morgan fingerprint density at radius 3 is 2.41 bits per heavy atom. The van der Waals surface area contributed by atoms with E-state index in [0.717, 1.165) is 19.0 Å². The molecule has 1 aliphatic rings. The second kappa shape index (κ2) is 8.06. The van der Waals surface area contributed by atoms with Gasteiger partial charge in [0, 0.05) is 32.8 Å². The summed E-state index contributed by atoms with van der Waals surface area (Å²) in [6.07, 6.45) is 4.08. The number of nitrogens with one attached hydrogen (secondary N) is 1. The number of rotatable bonds is 7. The zero-order valence-electron chi connectivity index (χ0n) is 12.0. The van der Waals surface area contributed by atoms with Crippen LogP contribution in [0.3, 0.4) is 0 Å². The standard InChI is InChI=1S/C14H30N2O/c1-5-8-15-11-14(12(2)3)16-9-6-13(17-4)7-10-16/h12-15H,5-11H2,1-4H3. The van der Waals surface area contributed by atoms with Gasteiger partial charge in [0.05, 0.1) is 6.10 Å². The number of hydrogen-bond donors (Lipinski definition) is 1. The van der Waals surface area contributed by atoms with Crippen LogP contribution in [0.1, 0.15) is 40.0 Å². The fourth-order valence-electron chi connectivity index (χ4n) is 2.66. The lowest BCUT2D eigenvalue weighted by Crippen LogP contribution is -2.50. The SMILES string of the molecule is CCCNCC(C(C)C)N1CCC(OC)CC1. The Labute approximate surface area is 107 Å². The van der Waals surface area contributed by atoms with Crippen molar-refractivity contribution in [2.45, 2.75) is 52.2 Å². The minimum absolute atomic E-state index is 0.489. The molecule has 0 aliphatic carbocycles. The van der Waals surface area contributed by atoms with Crippen LogP contribution in [0.25, 0.3) is 0 Å². The third-order valence-corrected chi connectivity index (χ3v) is 3.83. The van der Waals surface area contributed by atoms with E-state index in [4.69, 9.17) is 4.74 Å². The second-order valence-electron chi connectivity index (χ2n) is 5.49. The Bertz CT molecular complexity index is 189. The molecule has 0 amide bonds. The molecule has 1 fully saturated rings. The lowest BCUT2D eigenvalue weighted by Gasteiger charge is -2.39. The van der Waals surface area contributed by atoms with E-state index in [2.05, 4.69) is 31.0 Å². The molecule has 102 valence electrons. The van der Waals surface area contributed by atoms with Crippen LogP contribution in [0.5, 0.6) is 0 Å². The summed E-state index contributed by atoms with van der Waals surface area (Å²) in [5, 5.41) is 3.57. The molecule has 0 aromatic carbocycles. The zero-order chi connectivity index (χ0) is 12.7. The number of methoxy groups -OCH3 is 1. The number of ether oxygens (including phenoxy) is 1. The summed E-state index contributed by atoms with van der Waals surface area (Å²) in [5.41, 5.74) is 0. The normalized spacial score (nSPS) is 21.0. The van der Waals surface area contributed by atoms with E-state index in [1.165, 1.54) is 32.4 Å². The van der Waals surface area contributed by atoms with Gasteiger partial charge in [-0.3, -0.25) is 4.90 Å². The molecule has 17 heavy (non-hydrogen) atoms. The molecule has 1 rings (SSSR count). The highest BCUT2D eigenvalue weighted by Crippen LogP contribution is 2.19. The average molecular weight is 242 g/mol. The van der Waals surface area contributed by atoms with E-state index in [9.17, 15) is 0 Å². The molecule has 3 heteroatoms. The third kappa shape index (κ3) is 4.94. The summed E-state index contributed by atoms with van der Waals surface area (Å²) in [6, 6.07) is 0.680. The van der Waals surface area contributed by atoms with Gasteiger partial charge in [-0.15, -0.1) is 0 Å². The van der Waals surface area contributed by atoms with Gasteiger partial charge in [0.2, 0.25) is 0 Å². The highest BCUT2D eigenvalue weighted by molar-refractivity contribution is 4.82. The fraction of sp³-hybridized carbons (Fsp3) is 1.00. The molecule has 0 aromatic rings. The van der Waals surface area contributed by atoms with Crippen LogP contribution in [0.15, 0.2) is 0 Å². The summed E-state index contributed by atoms with van der Waals surface area (Å²) in [7, 11) is 1.84. The molecular weight excluding hydrogens is 212 g/mol. The molecule has 0 spiro atoms. The van der Waals surface area contributed by atoms with Crippen molar-refractivity contribution in [2.75, 3.05) is 33.3 Å². The molecule has 0 saturated carbocycles. The van der Waals surface area contributed by atoms with Gasteiger partial charge in [0.1, 0.15) is 0 Å². The Kier molecular flexibility index (Phi) is 7.09. The Hall–Kier alpha value is -0.120. The van der Waals surface area contributed by atoms with Gasteiger partial charge in [0.25, 0.3) is 0 Å². The molecule has 0 aromatic heterocycles. The van der Waals surface area contributed by atoms with E-state index < -0.39 is 0 Å². The predicted octanol–water partition coefficient (Wildman–Crippen LogP) is 2.12. The summed E-state index contributed by atoms with van der Waals surface area (Å²) >= 11 is 0.